The lowest BCUT2D eigenvalue weighted by Gasteiger charge is -2.44. The molecule has 6 rings (SSSR count). The third kappa shape index (κ3) is 3.14. The van der Waals surface area contributed by atoms with E-state index in [0.29, 0.717) is 18.7 Å². The molecule has 2 atom stereocenters. The highest BCUT2D eigenvalue weighted by molar-refractivity contribution is 9.10. The Labute approximate surface area is 212 Å². The second kappa shape index (κ2) is 7.99. The van der Waals surface area contributed by atoms with Crippen LogP contribution in [-0.2, 0) is 10.5 Å². The van der Waals surface area contributed by atoms with Crippen molar-refractivity contribution in [1.29, 1.82) is 0 Å². The summed E-state index contributed by atoms with van der Waals surface area (Å²) >= 11 is 3.60. The molecule has 0 aliphatic carbocycles. The maximum atomic E-state index is 14.2. The molecule has 0 bridgehead atoms. The molecule has 1 spiro atoms. The zero-order valence-corrected chi connectivity index (χ0v) is 21.1. The highest BCUT2D eigenvalue weighted by atomic mass is 79.9. The Kier molecular flexibility index (Phi) is 5.00. The molecule has 1 amide bonds. The Morgan fingerprint density at radius 1 is 1.20 bits per heavy atom. The highest BCUT2D eigenvalue weighted by Gasteiger charge is 2.63. The van der Waals surface area contributed by atoms with Gasteiger partial charge in [0.1, 0.15) is 11.5 Å². The van der Waals surface area contributed by atoms with Gasteiger partial charge in [-0.15, -0.1) is 6.58 Å². The van der Waals surface area contributed by atoms with Gasteiger partial charge in [-0.3, -0.25) is 4.79 Å². The molecule has 6 nitrogen and oxygen atoms in total. The van der Waals surface area contributed by atoms with Crippen molar-refractivity contribution in [3.8, 4) is 11.5 Å². The number of carbonyl (C=O) groups is 1. The maximum absolute atomic E-state index is 14.2. The van der Waals surface area contributed by atoms with Crippen LogP contribution in [-0.4, -0.2) is 30.3 Å². The number of methoxy groups -OCH3 is 1. The van der Waals surface area contributed by atoms with Gasteiger partial charge in [0, 0.05) is 23.0 Å². The van der Waals surface area contributed by atoms with Crippen molar-refractivity contribution in [2.24, 2.45) is 5.10 Å². The number of rotatable bonds is 4. The minimum Gasteiger partial charge on any atom is -0.497 e. The summed E-state index contributed by atoms with van der Waals surface area (Å²) in [6, 6.07) is 19.7. The molecule has 0 fully saturated rings. The molecular weight excluding hydrogens is 506 g/mol. The zero-order valence-electron chi connectivity index (χ0n) is 19.5. The quantitative estimate of drug-likeness (QED) is 0.407. The van der Waals surface area contributed by atoms with Gasteiger partial charge in [-0.05, 0) is 67.1 Å². The van der Waals surface area contributed by atoms with Gasteiger partial charge in [0.15, 0.2) is 0 Å². The number of ether oxygens (including phenoxy) is 2. The summed E-state index contributed by atoms with van der Waals surface area (Å²) in [4.78, 5) is 15.9. The minimum atomic E-state index is -1.38. The molecule has 3 aliphatic rings. The zero-order chi connectivity index (χ0) is 24.3. The fourth-order valence-corrected chi connectivity index (χ4v) is 5.65. The fourth-order valence-electron chi connectivity index (χ4n) is 5.27. The van der Waals surface area contributed by atoms with Crippen LogP contribution >= 0.6 is 15.9 Å². The normalized spacial score (nSPS) is 21.9. The number of nitrogens with zero attached hydrogens (tertiary/aromatic N) is 3. The van der Waals surface area contributed by atoms with Crippen LogP contribution in [0.15, 0.2) is 82.9 Å². The Hall–Kier alpha value is -3.58. The first-order chi connectivity index (χ1) is 17.0. The number of hydrazone groups is 1. The number of amides is 1. The second-order valence-electron chi connectivity index (χ2n) is 8.99. The van der Waals surface area contributed by atoms with Gasteiger partial charge in [-0.1, -0.05) is 33.6 Å². The average molecular weight is 530 g/mol. The van der Waals surface area contributed by atoms with Crippen LogP contribution in [0.2, 0.25) is 0 Å². The van der Waals surface area contributed by atoms with Gasteiger partial charge in [-0.2, -0.15) is 5.10 Å². The van der Waals surface area contributed by atoms with Crippen molar-refractivity contribution in [3.05, 3.63) is 100 Å². The Morgan fingerprint density at radius 3 is 2.74 bits per heavy atom. The SMILES string of the molecule is C=CCN1C(=O)C2(Oc3ccc(Br)cc3C3CC(c4ccc(OC)cc4)=NN32)c2cc(C)ccc21. The molecule has 0 aromatic heterocycles. The Bertz CT molecular complexity index is 1400. The van der Waals surface area contributed by atoms with E-state index in [1.807, 2.05) is 66.5 Å². The summed E-state index contributed by atoms with van der Waals surface area (Å²) in [5, 5.41) is 6.95. The van der Waals surface area contributed by atoms with Gasteiger partial charge >= 0.3 is 5.72 Å². The molecule has 3 aromatic carbocycles. The monoisotopic (exact) mass is 529 g/mol. The van der Waals surface area contributed by atoms with Gasteiger partial charge in [0.25, 0.3) is 5.91 Å². The van der Waals surface area contributed by atoms with E-state index in [2.05, 4.69) is 28.6 Å². The molecule has 0 radical (unpaired) electrons. The van der Waals surface area contributed by atoms with Gasteiger partial charge in [0.05, 0.1) is 30.1 Å². The van der Waals surface area contributed by atoms with Gasteiger partial charge in [0.2, 0.25) is 0 Å². The van der Waals surface area contributed by atoms with Gasteiger partial charge in [-0.25, -0.2) is 5.01 Å². The first-order valence-electron chi connectivity index (χ1n) is 11.5. The summed E-state index contributed by atoms with van der Waals surface area (Å²) in [7, 11) is 1.65. The van der Waals surface area contributed by atoms with Crippen LogP contribution in [0.5, 0.6) is 11.5 Å². The van der Waals surface area contributed by atoms with Crippen molar-refractivity contribution >= 4 is 33.2 Å². The number of halogens is 1. The molecule has 35 heavy (non-hydrogen) atoms. The Balaban J connectivity index is 1.57. The summed E-state index contributed by atoms with van der Waals surface area (Å²) in [5.74, 6) is 1.33. The highest BCUT2D eigenvalue weighted by Crippen LogP contribution is 2.56. The van der Waals surface area contributed by atoms with E-state index in [-0.39, 0.29) is 11.9 Å². The number of aryl methyl sites for hydroxylation is 1. The predicted molar refractivity (Wildman–Crippen MR) is 139 cm³/mol. The average Bonchev–Trinajstić information content (AvgIpc) is 3.41. The predicted octanol–water partition coefficient (Wildman–Crippen LogP) is 5.70. The van der Waals surface area contributed by atoms with Crippen LogP contribution in [0, 0.1) is 6.92 Å². The first-order valence-corrected chi connectivity index (χ1v) is 12.3. The van der Waals surface area contributed by atoms with E-state index in [1.165, 1.54) is 0 Å². The van der Waals surface area contributed by atoms with Crippen LogP contribution in [0.1, 0.15) is 34.7 Å². The number of hydrogen-bond donors (Lipinski definition) is 0. The number of fused-ring (bicyclic) bond motifs is 6. The van der Waals surface area contributed by atoms with Crippen molar-refractivity contribution in [3.63, 3.8) is 0 Å². The molecule has 176 valence electrons. The molecule has 7 heteroatoms. The van der Waals surface area contributed by atoms with Crippen LogP contribution < -0.4 is 14.4 Å². The number of anilines is 1. The van der Waals surface area contributed by atoms with Crippen LogP contribution in [0.25, 0.3) is 0 Å². The van der Waals surface area contributed by atoms with Crippen molar-refractivity contribution < 1.29 is 14.3 Å². The van der Waals surface area contributed by atoms with Crippen molar-refractivity contribution in [2.75, 3.05) is 18.6 Å². The van der Waals surface area contributed by atoms with E-state index in [1.54, 1.807) is 18.1 Å². The van der Waals surface area contributed by atoms with Gasteiger partial charge < -0.3 is 14.4 Å². The van der Waals surface area contributed by atoms with E-state index in [4.69, 9.17) is 14.6 Å². The lowest BCUT2D eigenvalue weighted by atomic mass is 9.92. The van der Waals surface area contributed by atoms with E-state index >= 15 is 0 Å². The van der Waals surface area contributed by atoms with Crippen molar-refractivity contribution in [2.45, 2.75) is 25.1 Å². The molecule has 3 heterocycles. The largest absolute Gasteiger partial charge is 0.497 e. The third-order valence-corrected chi connectivity index (χ3v) is 7.39. The number of benzene rings is 3. The van der Waals surface area contributed by atoms with E-state index in [0.717, 1.165) is 43.9 Å². The Morgan fingerprint density at radius 2 is 2.00 bits per heavy atom. The number of carbonyl (C=O) groups excluding carboxylic acids is 1. The molecule has 3 aromatic rings. The minimum absolute atomic E-state index is 0.156. The summed E-state index contributed by atoms with van der Waals surface area (Å²) < 4.78 is 13.0. The smallest absolute Gasteiger partial charge is 0.306 e. The lowest BCUT2D eigenvalue weighted by Crippen LogP contribution is -2.57. The van der Waals surface area contributed by atoms with E-state index < -0.39 is 5.72 Å². The van der Waals surface area contributed by atoms with Crippen LogP contribution in [0.3, 0.4) is 0 Å². The number of hydrogen-bond acceptors (Lipinski definition) is 5. The molecule has 3 aliphatic heterocycles. The molecular formula is C28H24BrN3O3. The summed E-state index contributed by atoms with van der Waals surface area (Å²) in [6.45, 7) is 6.28. The maximum Gasteiger partial charge on any atom is 0.306 e. The standard InChI is InChI=1S/C28H24BrN3O3/c1-4-13-31-24-11-5-17(2)14-22(24)28(27(31)33)32-25(21-15-19(29)8-12-26(21)35-28)16-23(30-32)18-6-9-20(34-3)10-7-18/h4-12,14-15,25H,1,13,16H2,2-3H3. The topological polar surface area (TPSA) is 54.4 Å². The van der Waals surface area contributed by atoms with Crippen LogP contribution in [0.4, 0.5) is 5.69 Å². The molecule has 0 N–H and O–H groups in total. The third-order valence-electron chi connectivity index (χ3n) is 6.90. The summed E-state index contributed by atoms with van der Waals surface area (Å²) in [5.41, 5.74) is 4.19. The lowest BCUT2D eigenvalue weighted by molar-refractivity contribution is -0.163. The summed E-state index contributed by atoms with van der Waals surface area (Å²) in [6.07, 6.45) is 2.39. The van der Waals surface area contributed by atoms with Crippen molar-refractivity contribution in [1.82, 2.24) is 5.01 Å². The first kappa shape index (κ1) is 21.9. The molecule has 0 saturated heterocycles. The second-order valence-corrected chi connectivity index (χ2v) is 9.91. The van der Waals surface area contributed by atoms with E-state index in [9.17, 15) is 4.79 Å². The molecule has 2 unspecified atom stereocenters. The molecule has 0 saturated carbocycles. The fraction of sp³-hybridized carbons (Fsp3) is 0.214.